The molecule has 14 heavy (non-hydrogen) atoms. The van der Waals surface area contributed by atoms with Gasteiger partial charge in [-0.3, -0.25) is 0 Å². The second kappa shape index (κ2) is 3.75. The largest absolute Gasteiger partial charge is 0.444 e. The Balaban J connectivity index is 2.27. The average Bonchev–Trinajstić information content (AvgIpc) is 2.72. The molecule has 0 amide bonds. The first kappa shape index (κ1) is 8.52. The number of oxazole rings is 1. The van der Waals surface area contributed by atoms with Gasteiger partial charge < -0.3 is 4.42 Å². The van der Waals surface area contributed by atoms with E-state index < -0.39 is 0 Å². The first-order valence-corrected chi connectivity index (χ1v) is 4.25. The summed E-state index contributed by atoms with van der Waals surface area (Å²) in [6.45, 7) is 0. The van der Waals surface area contributed by atoms with Crippen molar-refractivity contribution >= 4 is 0 Å². The lowest BCUT2D eigenvalue weighted by atomic mass is 10.1. The molecule has 0 aliphatic carbocycles. The van der Waals surface area contributed by atoms with Gasteiger partial charge in [0.05, 0.1) is 18.7 Å². The Hall–Kier alpha value is -2.08. The fourth-order valence-electron chi connectivity index (χ4n) is 1.24. The molecule has 1 heterocycles. The number of aromatic nitrogens is 1. The topological polar surface area (TPSA) is 49.8 Å². The van der Waals surface area contributed by atoms with Crippen molar-refractivity contribution in [2.24, 2.45) is 0 Å². The van der Waals surface area contributed by atoms with Crippen LogP contribution in [0, 0.1) is 11.3 Å². The van der Waals surface area contributed by atoms with Gasteiger partial charge in [-0.1, -0.05) is 24.3 Å². The molecule has 3 heteroatoms. The summed E-state index contributed by atoms with van der Waals surface area (Å²) in [5.41, 5.74) is 1.99. The lowest BCUT2D eigenvalue weighted by molar-refractivity contribution is 0.572. The number of benzene rings is 1. The number of rotatable bonds is 2. The fraction of sp³-hybridized carbons (Fsp3) is 0.0909. The van der Waals surface area contributed by atoms with Crippen LogP contribution >= 0.6 is 0 Å². The van der Waals surface area contributed by atoms with Gasteiger partial charge in [0, 0.05) is 5.56 Å². The predicted molar refractivity (Wildman–Crippen MR) is 51.3 cm³/mol. The third-order valence-electron chi connectivity index (χ3n) is 1.95. The Morgan fingerprint density at radius 3 is 2.64 bits per heavy atom. The maximum absolute atomic E-state index is 8.49. The molecule has 0 N–H and O–H groups in total. The van der Waals surface area contributed by atoms with Crippen molar-refractivity contribution in [3.63, 3.8) is 0 Å². The molecule has 0 fully saturated rings. The minimum atomic E-state index is 0.441. The summed E-state index contributed by atoms with van der Waals surface area (Å²) in [5, 5.41) is 8.49. The van der Waals surface area contributed by atoms with Crippen molar-refractivity contribution in [3.8, 4) is 17.4 Å². The first-order valence-electron chi connectivity index (χ1n) is 4.25. The number of hydrogen-bond acceptors (Lipinski definition) is 3. The van der Waals surface area contributed by atoms with Crippen molar-refractivity contribution < 1.29 is 4.42 Å². The Morgan fingerprint density at radius 1 is 1.29 bits per heavy atom. The van der Waals surface area contributed by atoms with Crippen LogP contribution in [-0.2, 0) is 6.42 Å². The van der Waals surface area contributed by atoms with Gasteiger partial charge in [0.1, 0.15) is 0 Å². The van der Waals surface area contributed by atoms with Crippen LogP contribution in [0.2, 0.25) is 0 Å². The van der Waals surface area contributed by atoms with Gasteiger partial charge in [0.25, 0.3) is 0 Å². The first-order chi connectivity index (χ1) is 6.90. The van der Waals surface area contributed by atoms with E-state index in [4.69, 9.17) is 9.68 Å². The van der Waals surface area contributed by atoms with E-state index in [0.717, 1.165) is 16.9 Å². The summed E-state index contributed by atoms with van der Waals surface area (Å²) < 4.78 is 5.14. The quantitative estimate of drug-likeness (QED) is 0.720. The monoisotopic (exact) mass is 184 g/mol. The normalized spacial score (nSPS) is 9.64. The third kappa shape index (κ3) is 1.64. The zero-order valence-corrected chi connectivity index (χ0v) is 7.47. The maximum atomic E-state index is 8.49. The third-order valence-corrected chi connectivity index (χ3v) is 1.95. The standard InChI is InChI=1S/C11H8N2O/c12-6-5-9-1-3-10(4-2-9)11-7-13-8-14-11/h1-4,7-8H,5H2. The molecular formula is C11H8N2O. The number of nitrogens with zero attached hydrogens (tertiary/aromatic N) is 2. The fourth-order valence-corrected chi connectivity index (χ4v) is 1.24. The van der Waals surface area contributed by atoms with Crippen LogP contribution in [0.1, 0.15) is 5.56 Å². The smallest absolute Gasteiger partial charge is 0.181 e. The van der Waals surface area contributed by atoms with Crippen molar-refractivity contribution in [1.29, 1.82) is 5.26 Å². The van der Waals surface area contributed by atoms with Gasteiger partial charge in [0.2, 0.25) is 0 Å². The van der Waals surface area contributed by atoms with Gasteiger partial charge in [0.15, 0.2) is 12.2 Å². The van der Waals surface area contributed by atoms with Crippen LogP contribution in [0.3, 0.4) is 0 Å². The summed E-state index contributed by atoms with van der Waals surface area (Å²) in [5.74, 6) is 0.744. The van der Waals surface area contributed by atoms with Gasteiger partial charge in [-0.05, 0) is 5.56 Å². The van der Waals surface area contributed by atoms with Crippen LogP contribution in [-0.4, -0.2) is 4.98 Å². The molecule has 3 nitrogen and oxygen atoms in total. The molecule has 0 spiro atoms. The van der Waals surface area contributed by atoms with Gasteiger partial charge in [-0.25, -0.2) is 4.98 Å². The van der Waals surface area contributed by atoms with Crippen LogP contribution in [0.4, 0.5) is 0 Å². The molecule has 0 atom stereocenters. The zero-order valence-electron chi connectivity index (χ0n) is 7.47. The van der Waals surface area contributed by atoms with E-state index in [-0.39, 0.29) is 0 Å². The summed E-state index contributed by atoms with van der Waals surface area (Å²) in [7, 11) is 0. The molecule has 0 bridgehead atoms. The molecular weight excluding hydrogens is 176 g/mol. The second-order valence-electron chi connectivity index (χ2n) is 2.90. The predicted octanol–water partition coefficient (Wildman–Crippen LogP) is 2.41. The van der Waals surface area contributed by atoms with Crippen molar-refractivity contribution in [1.82, 2.24) is 4.98 Å². The Kier molecular flexibility index (Phi) is 2.28. The van der Waals surface area contributed by atoms with E-state index in [1.54, 1.807) is 6.20 Å². The molecule has 0 radical (unpaired) electrons. The highest BCUT2D eigenvalue weighted by molar-refractivity contribution is 5.56. The van der Waals surface area contributed by atoms with E-state index >= 15 is 0 Å². The molecule has 0 aliphatic heterocycles. The summed E-state index contributed by atoms with van der Waals surface area (Å²) in [6.07, 6.45) is 3.51. The number of nitriles is 1. The van der Waals surface area contributed by atoms with Crippen LogP contribution in [0.5, 0.6) is 0 Å². The highest BCUT2D eigenvalue weighted by Crippen LogP contribution is 2.18. The highest BCUT2D eigenvalue weighted by Gasteiger charge is 2.00. The van der Waals surface area contributed by atoms with E-state index in [0.29, 0.717) is 6.42 Å². The summed E-state index contributed by atoms with van der Waals surface area (Å²) in [6, 6.07) is 9.79. The van der Waals surface area contributed by atoms with Crippen molar-refractivity contribution in [2.75, 3.05) is 0 Å². The minimum absolute atomic E-state index is 0.441. The van der Waals surface area contributed by atoms with Gasteiger partial charge in [-0.2, -0.15) is 5.26 Å². The molecule has 0 saturated heterocycles. The molecule has 0 aliphatic rings. The van der Waals surface area contributed by atoms with E-state index in [1.807, 2.05) is 24.3 Å². The SMILES string of the molecule is N#CCc1ccc(-c2cnco2)cc1. The van der Waals surface area contributed by atoms with Crippen molar-refractivity contribution in [2.45, 2.75) is 6.42 Å². The van der Waals surface area contributed by atoms with Crippen LogP contribution in [0.25, 0.3) is 11.3 Å². The van der Waals surface area contributed by atoms with Crippen LogP contribution < -0.4 is 0 Å². The van der Waals surface area contributed by atoms with Crippen molar-refractivity contribution in [3.05, 3.63) is 42.4 Å². The Labute approximate surface area is 81.6 Å². The average molecular weight is 184 g/mol. The highest BCUT2D eigenvalue weighted by atomic mass is 16.3. The molecule has 0 unspecified atom stereocenters. The van der Waals surface area contributed by atoms with Gasteiger partial charge in [-0.15, -0.1) is 0 Å². The lowest BCUT2D eigenvalue weighted by Gasteiger charge is -1.97. The molecule has 2 aromatic rings. The van der Waals surface area contributed by atoms with E-state index in [9.17, 15) is 0 Å². The minimum Gasteiger partial charge on any atom is -0.444 e. The molecule has 1 aromatic heterocycles. The van der Waals surface area contributed by atoms with Crippen LogP contribution in [0.15, 0.2) is 41.3 Å². The summed E-state index contributed by atoms with van der Waals surface area (Å²) in [4.78, 5) is 3.84. The van der Waals surface area contributed by atoms with Gasteiger partial charge >= 0.3 is 0 Å². The zero-order chi connectivity index (χ0) is 9.80. The summed E-state index contributed by atoms with van der Waals surface area (Å²) >= 11 is 0. The van der Waals surface area contributed by atoms with E-state index in [2.05, 4.69) is 11.1 Å². The lowest BCUT2D eigenvalue weighted by Crippen LogP contribution is -1.80. The Bertz CT molecular complexity index is 437. The van der Waals surface area contributed by atoms with E-state index in [1.165, 1.54) is 6.39 Å². The maximum Gasteiger partial charge on any atom is 0.181 e. The molecule has 68 valence electrons. The molecule has 1 aromatic carbocycles. The molecule has 2 rings (SSSR count). The Morgan fingerprint density at radius 2 is 2.07 bits per heavy atom. The second-order valence-corrected chi connectivity index (χ2v) is 2.90. The number of hydrogen-bond donors (Lipinski definition) is 0. The molecule has 0 saturated carbocycles.